The minimum absolute atomic E-state index is 0.0224. The lowest BCUT2D eigenvalue weighted by atomic mass is 9.99. The number of aliphatic imine (C=N–C) groups is 1. The van der Waals surface area contributed by atoms with Gasteiger partial charge in [-0.1, -0.05) is 30.3 Å². The lowest BCUT2D eigenvalue weighted by Gasteiger charge is -2.35. The van der Waals surface area contributed by atoms with Crippen LogP contribution in [0.25, 0.3) is 0 Å². The fourth-order valence-corrected chi connectivity index (χ4v) is 3.01. The van der Waals surface area contributed by atoms with Crippen molar-refractivity contribution in [2.24, 2.45) is 27.9 Å². The Balaban J connectivity index is 3.02. The Hall–Kier alpha value is -3.39. The van der Waals surface area contributed by atoms with Crippen LogP contribution in [0.15, 0.2) is 35.3 Å². The molecule has 0 spiro atoms. The van der Waals surface area contributed by atoms with E-state index in [0.29, 0.717) is 30.0 Å². The Labute approximate surface area is 210 Å². The van der Waals surface area contributed by atoms with E-state index >= 15 is 0 Å². The van der Waals surface area contributed by atoms with Crippen LogP contribution in [0.4, 0.5) is 0 Å². The quantitative estimate of drug-likeness (QED) is 0.0470. The lowest BCUT2D eigenvalue weighted by molar-refractivity contribution is -0.172. The van der Waals surface area contributed by atoms with Crippen molar-refractivity contribution in [3.8, 4) is 0 Å². The predicted molar refractivity (Wildman–Crippen MR) is 131 cm³/mol. The molecule has 0 aliphatic rings. The van der Waals surface area contributed by atoms with Gasteiger partial charge in [-0.3, -0.25) is 19.5 Å². The third-order valence-corrected chi connectivity index (χ3v) is 4.93. The first kappa shape index (κ1) is 30.6. The molecular weight excluding hydrogens is 472 g/mol. The van der Waals surface area contributed by atoms with Gasteiger partial charge in [-0.15, -0.1) is 0 Å². The maximum atomic E-state index is 13.2. The normalized spacial score (nSPS) is 13.2. The molecule has 0 saturated heterocycles. The zero-order valence-electron chi connectivity index (χ0n) is 20.5. The summed E-state index contributed by atoms with van der Waals surface area (Å²) in [6.07, 6.45) is 0.575. The van der Waals surface area contributed by atoms with Gasteiger partial charge in [0.2, 0.25) is 5.91 Å². The molecule has 0 bridgehead atoms. The second kappa shape index (κ2) is 16.3. The number of rotatable bonds is 17. The fourth-order valence-electron chi connectivity index (χ4n) is 3.01. The number of ether oxygens (including phenoxy) is 3. The first-order valence-electron chi connectivity index (χ1n) is 11.4. The van der Waals surface area contributed by atoms with Gasteiger partial charge in [-0.25, -0.2) is 4.79 Å². The van der Waals surface area contributed by atoms with Crippen LogP contribution in [-0.2, 0) is 40.0 Å². The van der Waals surface area contributed by atoms with E-state index in [2.05, 4.69) is 4.99 Å². The standard InChI is InChI=1S/C23H36N6O7/c1-23(16-30,21(33)36-14-17-6-3-2-4-7-17)29(19(31)15-35-13-12-34-11-9-24)20(32)18(25)8-5-10-28-22(26)27/h2-4,6-7,16,18H,5,8-15,24-25H2,1H3,(H4,26,27,28)/t18-,23+/m0/s1. The summed E-state index contributed by atoms with van der Waals surface area (Å²) in [6.45, 7) is 1.36. The number of amides is 2. The molecule has 0 heterocycles. The number of hydrogen-bond donors (Lipinski definition) is 4. The highest BCUT2D eigenvalue weighted by molar-refractivity contribution is 6.10. The Morgan fingerprint density at radius 2 is 1.78 bits per heavy atom. The number of guanidine groups is 1. The van der Waals surface area contributed by atoms with Crippen molar-refractivity contribution in [1.82, 2.24) is 4.90 Å². The molecule has 13 heteroatoms. The Kier molecular flexibility index (Phi) is 13.9. The number of nitrogens with two attached hydrogens (primary N) is 4. The summed E-state index contributed by atoms with van der Waals surface area (Å²) in [5.74, 6) is -3.10. The predicted octanol–water partition coefficient (Wildman–Crippen LogP) is -1.58. The van der Waals surface area contributed by atoms with Crippen LogP contribution < -0.4 is 22.9 Å². The van der Waals surface area contributed by atoms with Crippen LogP contribution in [0.3, 0.4) is 0 Å². The molecule has 0 aromatic heterocycles. The Morgan fingerprint density at radius 3 is 2.39 bits per heavy atom. The second-order valence-electron chi connectivity index (χ2n) is 7.90. The molecule has 1 aromatic rings. The van der Waals surface area contributed by atoms with Crippen LogP contribution in [0.5, 0.6) is 0 Å². The highest BCUT2D eigenvalue weighted by Crippen LogP contribution is 2.19. The number of aldehydes is 1. The highest BCUT2D eigenvalue weighted by atomic mass is 16.5. The molecular formula is C23H36N6O7. The van der Waals surface area contributed by atoms with Crippen LogP contribution in [0.2, 0.25) is 0 Å². The summed E-state index contributed by atoms with van der Waals surface area (Å²) in [5, 5.41) is 0. The number of esters is 1. The largest absolute Gasteiger partial charge is 0.459 e. The number of nitrogens with zero attached hydrogens (tertiary/aromatic N) is 2. The van der Waals surface area contributed by atoms with E-state index in [0.717, 1.165) is 6.92 Å². The Morgan fingerprint density at radius 1 is 1.11 bits per heavy atom. The summed E-state index contributed by atoms with van der Waals surface area (Å²) in [4.78, 5) is 55.6. The molecule has 8 N–H and O–H groups in total. The summed E-state index contributed by atoms with van der Waals surface area (Å²) < 4.78 is 15.7. The molecule has 0 fully saturated rings. The number of benzene rings is 1. The molecule has 0 unspecified atom stereocenters. The van der Waals surface area contributed by atoms with E-state index < -0.39 is 36.0 Å². The van der Waals surface area contributed by atoms with E-state index in [1.165, 1.54) is 0 Å². The molecule has 0 aliphatic heterocycles. The van der Waals surface area contributed by atoms with E-state index in [4.69, 9.17) is 37.1 Å². The zero-order valence-corrected chi connectivity index (χ0v) is 20.5. The first-order chi connectivity index (χ1) is 17.2. The maximum Gasteiger partial charge on any atom is 0.340 e. The lowest BCUT2D eigenvalue weighted by Crippen LogP contribution is -2.63. The van der Waals surface area contributed by atoms with Gasteiger partial charge in [-0.2, -0.15) is 0 Å². The summed E-state index contributed by atoms with van der Waals surface area (Å²) in [7, 11) is 0. The summed E-state index contributed by atoms with van der Waals surface area (Å²) in [5.41, 5.74) is 20.3. The van der Waals surface area contributed by atoms with E-state index in [1.54, 1.807) is 30.3 Å². The highest BCUT2D eigenvalue weighted by Gasteiger charge is 2.48. The van der Waals surface area contributed by atoms with Gasteiger partial charge in [0.15, 0.2) is 17.8 Å². The van der Waals surface area contributed by atoms with Gasteiger partial charge in [0, 0.05) is 13.1 Å². The van der Waals surface area contributed by atoms with Crippen molar-refractivity contribution >= 4 is 30.0 Å². The Bertz CT molecular complexity index is 879. The van der Waals surface area contributed by atoms with Crippen LogP contribution in [0.1, 0.15) is 25.3 Å². The van der Waals surface area contributed by atoms with Gasteiger partial charge >= 0.3 is 5.97 Å². The van der Waals surface area contributed by atoms with Gasteiger partial charge in [0.05, 0.1) is 25.9 Å². The van der Waals surface area contributed by atoms with E-state index in [-0.39, 0.29) is 45.0 Å². The molecule has 1 aromatic carbocycles. The molecule has 0 radical (unpaired) electrons. The van der Waals surface area contributed by atoms with Crippen molar-refractivity contribution in [2.75, 3.05) is 39.5 Å². The van der Waals surface area contributed by atoms with Crippen LogP contribution >= 0.6 is 0 Å². The SMILES string of the molecule is C[C@@](C=O)(C(=O)OCc1ccccc1)N(C(=O)COCCOCCN)C(=O)[C@@H](N)CCCN=C(N)N. The maximum absolute atomic E-state index is 13.2. The molecule has 13 nitrogen and oxygen atoms in total. The topological polar surface area (TPSA) is 216 Å². The average molecular weight is 509 g/mol. The van der Waals surface area contributed by atoms with Crippen LogP contribution in [-0.4, -0.2) is 86.0 Å². The molecule has 2 amide bonds. The molecule has 0 saturated carbocycles. The number of imide groups is 1. The molecule has 1 rings (SSSR count). The van der Waals surface area contributed by atoms with E-state index in [9.17, 15) is 19.2 Å². The van der Waals surface area contributed by atoms with E-state index in [1.807, 2.05) is 0 Å². The van der Waals surface area contributed by atoms with Crippen molar-refractivity contribution in [3.63, 3.8) is 0 Å². The molecule has 200 valence electrons. The number of carbonyl (C=O) groups is 4. The third-order valence-electron chi connectivity index (χ3n) is 4.93. The van der Waals surface area contributed by atoms with Gasteiger partial charge in [0.25, 0.3) is 5.91 Å². The smallest absolute Gasteiger partial charge is 0.340 e. The average Bonchev–Trinajstić information content (AvgIpc) is 2.87. The summed E-state index contributed by atoms with van der Waals surface area (Å²) >= 11 is 0. The van der Waals surface area contributed by atoms with Gasteiger partial charge in [-0.05, 0) is 25.3 Å². The van der Waals surface area contributed by atoms with Crippen molar-refractivity contribution < 1.29 is 33.4 Å². The first-order valence-corrected chi connectivity index (χ1v) is 11.4. The monoisotopic (exact) mass is 508 g/mol. The zero-order chi connectivity index (χ0) is 27.0. The molecule has 36 heavy (non-hydrogen) atoms. The van der Waals surface area contributed by atoms with Gasteiger partial charge in [0.1, 0.15) is 13.2 Å². The minimum atomic E-state index is -2.28. The fraction of sp³-hybridized carbons (Fsp3) is 0.522. The second-order valence-corrected chi connectivity index (χ2v) is 7.90. The van der Waals surface area contributed by atoms with Crippen molar-refractivity contribution in [3.05, 3.63) is 35.9 Å². The number of carbonyl (C=O) groups excluding carboxylic acids is 4. The third kappa shape index (κ3) is 10.1. The minimum Gasteiger partial charge on any atom is -0.459 e. The molecule has 2 atom stereocenters. The van der Waals surface area contributed by atoms with Crippen LogP contribution in [0, 0.1) is 0 Å². The number of hydrogen-bond acceptors (Lipinski definition) is 10. The summed E-state index contributed by atoms with van der Waals surface area (Å²) in [6, 6.07) is 7.49. The van der Waals surface area contributed by atoms with Crippen molar-refractivity contribution in [1.29, 1.82) is 0 Å². The van der Waals surface area contributed by atoms with Crippen molar-refractivity contribution in [2.45, 2.75) is 38.0 Å². The van der Waals surface area contributed by atoms with Gasteiger partial charge < -0.3 is 41.9 Å². The molecule has 0 aliphatic carbocycles.